The number of piperidine rings is 1. The van der Waals surface area contributed by atoms with E-state index < -0.39 is 0 Å². The Morgan fingerprint density at radius 3 is 2.70 bits per heavy atom. The first kappa shape index (κ1) is 15.0. The van der Waals surface area contributed by atoms with Crippen LogP contribution < -0.4 is 5.32 Å². The van der Waals surface area contributed by atoms with E-state index in [-0.39, 0.29) is 5.66 Å². The summed E-state index contributed by atoms with van der Waals surface area (Å²) in [5.74, 6) is 0.511. The quantitative estimate of drug-likeness (QED) is 0.889. The van der Waals surface area contributed by atoms with Gasteiger partial charge in [-0.2, -0.15) is 0 Å². The van der Waals surface area contributed by atoms with E-state index in [9.17, 15) is 0 Å². The lowest BCUT2D eigenvalue weighted by Crippen LogP contribution is -2.42. The van der Waals surface area contributed by atoms with Crippen LogP contribution in [-0.4, -0.2) is 36.4 Å². The number of thiophene rings is 1. The van der Waals surface area contributed by atoms with E-state index in [1.165, 1.54) is 15.3 Å². The second kappa shape index (κ2) is 5.49. The molecule has 120 valence electrons. The Morgan fingerprint density at radius 2 is 2.00 bits per heavy atom. The molecular weight excluding hydrogens is 304 g/mol. The molecule has 1 saturated heterocycles. The topological polar surface area (TPSA) is 49.1 Å². The fourth-order valence-corrected chi connectivity index (χ4v) is 4.59. The Labute approximate surface area is 141 Å². The van der Waals surface area contributed by atoms with E-state index >= 15 is 0 Å². The van der Waals surface area contributed by atoms with Crippen LogP contribution in [0.15, 0.2) is 27.1 Å². The van der Waals surface area contributed by atoms with Gasteiger partial charge in [-0.25, -0.2) is 4.99 Å². The highest BCUT2D eigenvalue weighted by molar-refractivity contribution is 7.12. The van der Waals surface area contributed by atoms with E-state index in [0.29, 0.717) is 5.92 Å². The van der Waals surface area contributed by atoms with Gasteiger partial charge in [0.1, 0.15) is 5.71 Å². The number of hydrogen-bond donors (Lipinski definition) is 1. The Hall–Kier alpha value is -1.59. The molecule has 1 atom stereocenters. The maximum atomic E-state index is 5.00. The molecule has 0 saturated carbocycles. The number of aryl methyl sites for hydroxylation is 2. The number of nitrogens with one attached hydrogen (secondary N) is 1. The second-order valence-electron chi connectivity index (χ2n) is 6.73. The number of fused-ring (bicyclic) bond motifs is 1. The molecule has 1 fully saturated rings. The largest absolute Gasteiger partial charge is 0.317 e. The highest BCUT2D eigenvalue weighted by Gasteiger charge is 2.37. The second-order valence-corrected chi connectivity index (χ2v) is 8.19. The molecule has 0 aromatic carbocycles. The predicted molar refractivity (Wildman–Crippen MR) is 99.1 cm³/mol. The summed E-state index contributed by atoms with van der Waals surface area (Å²) < 4.78 is 0. The van der Waals surface area contributed by atoms with Crippen LogP contribution in [0.25, 0.3) is 5.70 Å². The molecule has 23 heavy (non-hydrogen) atoms. The highest BCUT2D eigenvalue weighted by Crippen LogP contribution is 2.35. The first-order valence-electron chi connectivity index (χ1n) is 8.29. The van der Waals surface area contributed by atoms with Crippen molar-refractivity contribution in [1.82, 2.24) is 5.32 Å². The molecule has 4 nitrogen and oxygen atoms in total. The Bertz CT molecular complexity index is 762. The van der Waals surface area contributed by atoms with Gasteiger partial charge in [0.25, 0.3) is 0 Å². The number of nitrogens with zero attached hydrogens (tertiary/aromatic N) is 3. The van der Waals surface area contributed by atoms with E-state index in [2.05, 4.69) is 38.2 Å². The summed E-state index contributed by atoms with van der Waals surface area (Å²) >= 11 is 1.82. The smallest absolute Gasteiger partial charge is 0.151 e. The van der Waals surface area contributed by atoms with Crippen molar-refractivity contribution >= 4 is 34.7 Å². The lowest BCUT2D eigenvalue weighted by Gasteiger charge is -2.35. The van der Waals surface area contributed by atoms with Gasteiger partial charge in [-0.05, 0) is 58.8 Å². The number of rotatable bonds is 2. The summed E-state index contributed by atoms with van der Waals surface area (Å²) in [6.45, 7) is 8.59. The van der Waals surface area contributed by atoms with Gasteiger partial charge in [0.15, 0.2) is 5.66 Å². The lowest BCUT2D eigenvalue weighted by molar-refractivity contribution is 0.244. The third kappa shape index (κ3) is 2.62. The van der Waals surface area contributed by atoms with Gasteiger partial charge in [-0.1, -0.05) is 0 Å². The zero-order valence-electron chi connectivity index (χ0n) is 13.9. The summed E-state index contributed by atoms with van der Waals surface area (Å²) in [6, 6.07) is 2.22. The van der Waals surface area contributed by atoms with Gasteiger partial charge in [0.2, 0.25) is 0 Å². The molecule has 3 aliphatic rings. The maximum Gasteiger partial charge on any atom is 0.151 e. The molecular formula is C18H22N4S. The van der Waals surface area contributed by atoms with Gasteiger partial charge in [-0.3, -0.25) is 9.98 Å². The van der Waals surface area contributed by atoms with E-state index in [1.807, 2.05) is 17.6 Å². The van der Waals surface area contributed by atoms with Crippen LogP contribution >= 0.6 is 11.3 Å². The van der Waals surface area contributed by atoms with Crippen molar-refractivity contribution in [3.8, 4) is 0 Å². The summed E-state index contributed by atoms with van der Waals surface area (Å²) in [5, 5.41) is 3.42. The minimum Gasteiger partial charge on any atom is -0.317 e. The fraction of sp³-hybridized carbons (Fsp3) is 0.500. The fourth-order valence-electron chi connectivity index (χ4n) is 3.66. The third-order valence-electron chi connectivity index (χ3n) is 5.00. The van der Waals surface area contributed by atoms with Crippen molar-refractivity contribution in [2.45, 2.75) is 39.3 Å². The van der Waals surface area contributed by atoms with Crippen LogP contribution in [0.2, 0.25) is 0 Å². The molecule has 1 aromatic heterocycles. The first-order chi connectivity index (χ1) is 11.0. The zero-order valence-corrected chi connectivity index (χ0v) is 14.7. The number of hydrogen-bond acceptors (Lipinski definition) is 5. The van der Waals surface area contributed by atoms with Crippen molar-refractivity contribution in [3.05, 3.63) is 27.5 Å². The number of allylic oxidation sites excluding steroid dienone is 1. The van der Waals surface area contributed by atoms with Gasteiger partial charge in [-0.15, -0.1) is 11.3 Å². The van der Waals surface area contributed by atoms with Crippen LogP contribution in [0.5, 0.6) is 0 Å². The Balaban J connectivity index is 1.67. The zero-order chi connectivity index (χ0) is 16.0. The molecule has 1 unspecified atom stereocenters. The molecule has 4 heterocycles. The molecule has 0 bridgehead atoms. The number of aliphatic imine (C=N–C) groups is 3. The monoisotopic (exact) mass is 326 g/mol. The summed E-state index contributed by atoms with van der Waals surface area (Å²) in [7, 11) is 0. The average Bonchev–Trinajstić information content (AvgIpc) is 3.10. The van der Waals surface area contributed by atoms with Crippen LogP contribution in [0, 0.1) is 19.8 Å². The van der Waals surface area contributed by atoms with Crippen molar-refractivity contribution in [2.75, 3.05) is 13.1 Å². The minimum atomic E-state index is -0.331. The van der Waals surface area contributed by atoms with Gasteiger partial charge in [0.05, 0.1) is 17.6 Å². The van der Waals surface area contributed by atoms with E-state index in [0.717, 1.165) is 43.1 Å². The van der Waals surface area contributed by atoms with E-state index in [1.54, 1.807) is 0 Å². The van der Waals surface area contributed by atoms with Crippen molar-refractivity contribution < 1.29 is 0 Å². The molecule has 0 radical (unpaired) electrons. The van der Waals surface area contributed by atoms with Crippen LogP contribution in [0.1, 0.15) is 35.1 Å². The van der Waals surface area contributed by atoms with Crippen molar-refractivity contribution in [1.29, 1.82) is 0 Å². The molecule has 5 heteroatoms. The normalized spacial score (nSPS) is 27.5. The van der Waals surface area contributed by atoms with Gasteiger partial charge < -0.3 is 5.32 Å². The molecule has 0 aliphatic carbocycles. The molecule has 3 aliphatic heterocycles. The summed E-state index contributed by atoms with van der Waals surface area (Å²) in [6.07, 6.45) is 6.34. The predicted octanol–water partition coefficient (Wildman–Crippen LogP) is 3.40. The summed E-state index contributed by atoms with van der Waals surface area (Å²) in [4.78, 5) is 17.2. The molecule has 4 rings (SSSR count). The molecule has 1 aromatic rings. The van der Waals surface area contributed by atoms with Gasteiger partial charge in [0, 0.05) is 21.2 Å². The molecule has 0 amide bonds. The molecule has 0 spiro atoms. The third-order valence-corrected chi connectivity index (χ3v) is 5.97. The van der Waals surface area contributed by atoms with E-state index in [4.69, 9.17) is 15.0 Å². The van der Waals surface area contributed by atoms with Crippen molar-refractivity contribution in [2.24, 2.45) is 20.9 Å². The average molecular weight is 326 g/mol. The Morgan fingerprint density at radius 1 is 1.22 bits per heavy atom. The minimum absolute atomic E-state index is 0.331. The highest BCUT2D eigenvalue weighted by atomic mass is 32.1. The van der Waals surface area contributed by atoms with Crippen LogP contribution in [-0.2, 0) is 0 Å². The first-order valence-corrected chi connectivity index (χ1v) is 9.11. The standard InChI is InChI=1S/C18H22N4S/c1-11-8-14(12(2)23-11)15-9-16-17(21-15)10-20-18(3,22-16)13-4-6-19-7-5-13/h8-10,13,19H,4-7H2,1-3H3. The van der Waals surface area contributed by atoms with Crippen LogP contribution in [0.4, 0.5) is 0 Å². The summed E-state index contributed by atoms with van der Waals surface area (Å²) in [5.41, 5.74) is 3.84. The van der Waals surface area contributed by atoms with Crippen LogP contribution in [0.3, 0.4) is 0 Å². The Kier molecular flexibility index (Phi) is 3.58. The maximum absolute atomic E-state index is 5.00. The van der Waals surface area contributed by atoms with Crippen molar-refractivity contribution in [3.63, 3.8) is 0 Å². The molecule has 1 N–H and O–H groups in total. The van der Waals surface area contributed by atoms with Gasteiger partial charge >= 0.3 is 0 Å². The SMILES string of the molecule is Cc1cc(C2=CC3=NC(C)(C4CCNCC4)N=CC3=N2)c(C)s1. The lowest BCUT2D eigenvalue weighted by atomic mass is 9.85.